The van der Waals surface area contributed by atoms with E-state index in [-0.39, 0.29) is 5.91 Å². The number of nitrogens with zero attached hydrogens (tertiary/aromatic N) is 2. The minimum absolute atomic E-state index is 0.187. The van der Waals surface area contributed by atoms with Crippen LogP contribution in [0, 0.1) is 0 Å². The molecule has 2 N–H and O–H groups in total. The van der Waals surface area contributed by atoms with E-state index < -0.39 is 0 Å². The monoisotopic (exact) mass is 378 g/mol. The van der Waals surface area contributed by atoms with Gasteiger partial charge in [-0.2, -0.15) is 0 Å². The average molecular weight is 378 g/mol. The highest BCUT2D eigenvalue weighted by Crippen LogP contribution is 2.26. The standard InChI is InChI=1S/C22H26N4O2/c27-22(20-9-6-14-28-20)24-11-10-23-16-18-15-17-7-2-3-8-19(17)25-21(18)26-12-4-1-5-13-26/h2-3,6-9,14-15,23H,1,4-5,10-13,16H2,(H,24,27). The summed E-state index contributed by atoms with van der Waals surface area (Å²) in [5.74, 6) is 1.24. The van der Waals surface area contributed by atoms with Crippen molar-refractivity contribution in [1.29, 1.82) is 0 Å². The molecule has 0 atom stereocenters. The second kappa shape index (κ2) is 8.89. The first-order valence-corrected chi connectivity index (χ1v) is 9.97. The number of carbonyl (C=O) groups is 1. The van der Waals surface area contributed by atoms with Gasteiger partial charge in [0, 0.05) is 43.7 Å². The third-order valence-corrected chi connectivity index (χ3v) is 5.08. The zero-order chi connectivity index (χ0) is 19.2. The van der Waals surface area contributed by atoms with Crippen LogP contribution in [-0.4, -0.2) is 37.1 Å². The third kappa shape index (κ3) is 4.34. The Morgan fingerprint density at radius 2 is 1.93 bits per heavy atom. The fourth-order valence-corrected chi connectivity index (χ4v) is 3.64. The number of fused-ring (bicyclic) bond motifs is 1. The van der Waals surface area contributed by atoms with Gasteiger partial charge in [-0.1, -0.05) is 18.2 Å². The predicted octanol–water partition coefficient (Wildman–Crippen LogP) is 3.34. The van der Waals surface area contributed by atoms with Gasteiger partial charge in [0.05, 0.1) is 11.8 Å². The number of furan rings is 1. The first kappa shape index (κ1) is 18.5. The van der Waals surface area contributed by atoms with Crippen LogP contribution in [0.25, 0.3) is 10.9 Å². The number of rotatable bonds is 7. The number of aromatic nitrogens is 1. The quantitative estimate of drug-likeness (QED) is 0.617. The van der Waals surface area contributed by atoms with Gasteiger partial charge in [-0.3, -0.25) is 4.79 Å². The molecule has 146 valence electrons. The lowest BCUT2D eigenvalue weighted by molar-refractivity contribution is 0.0926. The molecule has 1 aromatic carbocycles. The summed E-state index contributed by atoms with van der Waals surface area (Å²) in [5.41, 5.74) is 2.25. The highest BCUT2D eigenvalue weighted by Gasteiger charge is 2.17. The molecule has 0 radical (unpaired) electrons. The Morgan fingerprint density at radius 1 is 1.07 bits per heavy atom. The van der Waals surface area contributed by atoms with Crippen LogP contribution in [-0.2, 0) is 6.54 Å². The lowest BCUT2D eigenvalue weighted by atomic mass is 10.1. The van der Waals surface area contributed by atoms with Gasteiger partial charge in [0.25, 0.3) is 5.91 Å². The predicted molar refractivity (Wildman–Crippen MR) is 111 cm³/mol. The molecule has 1 aliphatic heterocycles. The first-order chi connectivity index (χ1) is 13.8. The van der Waals surface area contributed by atoms with Crippen molar-refractivity contribution in [2.75, 3.05) is 31.1 Å². The van der Waals surface area contributed by atoms with Crippen LogP contribution in [0.2, 0.25) is 0 Å². The molecule has 1 aliphatic rings. The topological polar surface area (TPSA) is 70.4 Å². The van der Waals surface area contributed by atoms with Crippen molar-refractivity contribution >= 4 is 22.6 Å². The number of pyridine rings is 1. The van der Waals surface area contributed by atoms with Crippen molar-refractivity contribution in [2.45, 2.75) is 25.8 Å². The minimum atomic E-state index is -0.187. The number of hydrogen-bond donors (Lipinski definition) is 2. The van der Waals surface area contributed by atoms with Gasteiger partial charge >= 0.3 is 0 Å². The summed E-state index contributed by atoms with van der Waals surface area (Å²) in [6.45, 7) is 4.08. The van der Waals surface area contributed by atoms with Crippen LogP contribution in [0.15, 0.2) is 53.1 Å². The molecule has 3 heterocycles. The van der Waals surface area contributed by atoms with E-state index in [4.69, 9.17) is 9.40 Å². The molecule has 0 bridgehead atoms. The van der Waals surface area contributed by atoms with E-state index in [1.165, 1.54) is 31.1 Å². The van der Waals surface area contributed by atoms with Crippen LogP contribution >= 0.6 is 0 Å². The summed E-state index contributed by atoms with van der Waals surface area (Å²) in [6.07, 6.45) is 5.25. The molecule has 0 saturated carbocycles. The summed E-state index contributed by atoms with van der Waals surface area (Å²) < 4.78 is 5.10. The molecule has 0 spiro atoms. The zero-order valence-electron chi connectivity index (χ0n) is 16.0. The molecule has 1 saturated heterocycles. The first-order valence-electron chi connectivity index (χ1n) is 9.97. The van der Waals surface area contributed by atoms with Gasteiger partial charge in [-0.25, -0.2) is 4.98 Å². The maximum atomic E-state index is 11.9. The van der Waals surface area contributed by atoms with Crippen molar-refractivity contribution in [3.63, 3.8) is 0 Å². The number of para-hydroxylation sites is 1. The summed E-state index contributed by atoms with van der Waals surface area (Å²) in [5, 5.41) is 7.45. The van der Waals surface area contributed by atoms with Crippen molar-refractivity contribution in [1.82, 2.24) is 15.6 Å². The maximum absolute atomic E-state index is 11.9. The lowest BCUT2D eigenvalue weighted by Gasteiger charge is -2.30. The number of anilines is 1. The Kier molecular flexibility index (Phi) is 5.87. The fourth-order valence-electron chi connectivity index (χ4n) is 3.64. The molecule has 6 heteroatoms. The second-order valence-electron chi connectivity index (χ2n) is 7.12. The van der Waals surface area contributed by atoms with Crippen molar-refractivity contribution in [3.05, 3.63) is 60.1 Å². The van der Waals surface area contributed by atoms with E-state index in [1.807, 2.05) is 12.1 Å². The normalized spacial score (nSPS) is 14.4. The molecule has 0 aliphatic carbocycles. The van der Waals surface area contributed by atoms with Gasteiger partial charge in [-0.15, -0.1) is 0 Å². The smallest absolute Gasteiger partial charge is 0.287 e. The molecule has 2 aromatic heterocycles. The van der Waals surface area contributed by atoms with Crippen LogP contribution in [0.5, 0.6) is 0 Å². The lowest BCUT2D eigenvalue weighted by Crippen LogP contribution is -2.33. The number of nitrogens with one attached hydrogen (secondary N) is 2. The van der Waals surface area contributed by atoms with Crippen LogP contribution in [0.3, 0.4) is 0 Å². The van der Waals surface area contributed by atoms with Gasteiger partial charge < -0.3 is 20.0 Å². The average Bonchev–Trinajstić information content (AvgIpc) is 3.28. The molecular formula is C22H26N4O2. The molecule has 1 amide bonds. The molecule has 1 fully saturated rings. The molecule has 6 nitrogen and oxygen atoms in total. The third-order valence-electron chi connectivity index (χ3n) is 5.08. The van der Waals surface area contributed by atoms with E-state index in [0.29, 0.717) is 18.8 Å². The summed E-state index contributed by atoms with van der Waals surface area (Å²) in [6, 6.07) is 13.9. The highest BCUT2D eigenvalue weighted by molar-refractivity contribution is 5.91. The van der Waals surface area contributed by atoms with Gasteiger partial charge in [0.2, 0.25) is 0 Å². The number of hydrogen-bond acceptors (Lipinski definition) is 5. The summed E-state index contributed by atoms with van der Waals surface area (Å²) in [4.78, 5) is 19.3. The van der Waals surface area contributed by atoms with E-state index in [2.05, 4.69) is 33.7 Å². The van der Waals surface area contributed by atoms with E-state index in [9.17, 15) is 4.79 Å². The highest BCUT2D eigenvalue weighted by atomic mass is 16.3. The van der Waals surface area contributed by atoms with Gasteiger partial charge in [0.1, 0.15) is 5.82 Å². The number of benzene rings is 1. The van der Waals surface area contributed by atoms with Crippen LogP contribution in [0.1, 0.15) is 35.4 Å². The molecule has 4 rings (SSSR count). The van der Waals surface area contributed by atoms with E-state index >= 15 is 0 Å². The van der Waals surface area contributed by atoms with Crippen LogP contribution in [0.4, 0.5) is 5.82 Å². The molecule has 0 unspecified atom stereocenters. The fraction of sp³-hybridized carbons (Fsp3) is 0.364. The minimum Gasteiger partial charge on any atom is -0.459 e. The number of amides is 1. The second-order valence-corrected chi connectivity index (χ2v) is 7.12. The molecule has 28 heavy (non-hydrogen) atoms. The molecule has 3 aromatic rings. The van der Waals surface area contributed by atoms with Crippen LogP contribution < -0.4 is 15.5 Å². The molecular weight excluding hydrogens is 352 g/mol. The maximum Gasteiger partial charge on any atom is 0.287 e. The summed E-state index contributed by atoms with van der Waals surface area (Å²) >= 11 is 0. The zero-order valence-corrected chi connectivity index (χ0v) is 16.0. The van der Waals surface area contributed by atoms with Crippen molar-refractivity contribution in [3.8, 4) is 0 Å². The Bertz CT molecular complexity index is 917. The number of piperidine rings is 1. The summed E-state index contributed by atoms with van der Waals surface area (Å²) in [7, 11) is 0. The van der Waals surface area contributed by atoms with E-state index in [1.54, 1.807) is 12.1 Å². The Balaban J connectivity index is 1.39. The van der Waals surface area contributed by atoms with Crippen molar-refractivity contribution < 1.29 is 9.21 Å². The SMILES string of the molecule is O=C(NCCNCc1cc2ccccc2nc1N1CCCCC1)c1ccco1. The van der Waals surface area contributed by atoms with Crippen molar-refractivity contribution in [2.24, 2.45) is 0 Å². The van der Waals surface area contributed by atoms with Gasteiger partial charge in [-0.05, 0) is 43.5 Å². The Labute approximate surface area is 164 Å². The Hall–Kier alpha value is -2.86. The number of carbonyl (C=O) groups excluding carboxylic acids is 1. The Morgan fingerprint density at radius 3 is 2.75 bits per heavy atom. The largest absolute Gasteiger partial charge is 0.459 e. The van der Waals surface area contributed by atoms with E-state index in [0.717, 1.165) is 36.4 Å². The van der Waals surface area contributed by atoms with Gasteiger partial charge in [0.15, 0.2) is 5.76 Å².